The summed E-state index contributed by atoms with van der Waals surface area (Å²) in [6.45, 7) is 4.25. The van der Waals surface area contributed by atoms with E-state index in [-0.39, 0.29) is 0 Å². The zero-order valence-electron chi connectivity index (χ0n) is 10.0. The van der Waals surface area contributed by atoms with E-state index in [9.17, 15) is 0 Å². The van der Waals surface area contributed by atoms with Gasteiger partial charge in [-0.05, 0) is 36.1 Å². The van der Waals surface area contributed by atoms with Crippen LogP contribution in [0.5, 0.6) is 0 Å². The van der Waals surface area contributed by atoms with E-state index < -0.39 is 0 Å². The second-order valence-electron chi connectivity index (χ2n) is 4.24. The lowest BCUT2D eigenvalue weighted by molar-refractivity contribution is 1.34. The van der Waals surface area contributed by atoms with E-state index in [2.05, 4.69) is 44.2 Å². The fourth-order valence-electron chi connectivity index (χ4n) is 1.75. The predicted molar refractivity (Wildman–Crippen MR) is 77.2 cm³/mol. The van der Waals surface area contributed by atoms with E-state index in [1.54, 1.807) is 0 Å². The van der Waals surface area contributed by atoms with Gasteiger partial charge >= 0.3 is 0 Å². The zero-order chi connectivity index (χ0) is 12.4. The molecule has 0 saturated heterocycles. The molecule has 0 unspecified atom stereocenters. The molecule has 0 fully saturated rings. The maximum atomic E-state index is 5.58. The molecule has 0 aliphatic rings. The Hall–Kier alpha value is -1.67. The van der Waals surface area contributed by atoms with Gasteiger partial charge in [0, 0.05) is 5.56 Å². The lowest BCUT2D eigenvalue weighted by Gasteiger charge is -2.06. The number of hydrogen-bond donors (Lipinski definition) is 1. The first-order valence-electron chi connectivity index (χ1n) is 5.55. The van der Waals surface area contributed by atoms with Gasteiger partial charge in [-0.15, -0.1) is 0 Å². The molecule has 0 spiro atoms. The topological polar surface area (TPSA) is 26.0 Å². The lowest BCUT2D eigenvalue weighted by Crippen LogP contribution is -2.08. The molecule has 0 aliphatic heterocycles. The van der Waals surface area contributed by atoms with Crippen molar-refractivity contribution in [3.63, 3.8) is 0 Å². The number of thiocarbonyl (C=S) groups is 1. The highest BCUT2D eigenvalue weighted by Gasteiger charge is 2.01. The van der Waals surface area contributed by atoms with Crippen molar-refractivity contribution in [1.82, 2.24) is 0 Å². The van der Waals surface area contributed by atoms with E-state index in [4.69, 9.17) is 18.0 Å². The minimum Gasteiger partial charge on any atom is -0.389 e. The van der Waals surface area contributed by atoms with Crippen molar-refractivity contribution in [3.8, 4) is 11.1 Å². The highest BCUT2D eigenvalue weighted by Crippen LogP contribution is 2.22. The molecular formula is C15H15NS. The molecule has 0 amide bonds. The van der Waals surface area contributed by atoms with Crippen LogP contribution in [-0.4, -0.2) is 4.99 Å². The van der Waals surface area contributed by atoms with Crippen LogP contribution in [0.25, 0.3) is 11.1 Å². The molecule has 0 heterocycles. The summed E-state index contributed by atoms with van der Waals surface area (Å²) in [7, 11) is 0. The van der Waals surface area contributed by atoms with E-state index >= 15 is 0 Å². The average Bonchev–Trinajstić information content (AvgIpc) is 2.33. The molecular weight excluding hydrogens is 226 g/mol. The fourth-order valence-corrected chi connectivity index (χ4v) is 1.88. The van der Waals surface area contributed by atoms with Gasteiger partial charge in [0.05, 0.1) is 0 Å². The third-order valence-electron chi connectivity index (χ3n) is 3.01. The third-order valence-corrected chi connectivity index (χ3v) is 3.25. The summed E-state index contributed by atoms with van der Waals surface area (Å²) >= 11 is 4.94. The summed E-state index contributed by atoms with van der Waals surface area (Å²) in [6.07, 6.45) is 0. The summed E-state index contributed by atoms with van der Waals surface area (Å²) < 4.78 is 0. The normalized spacial score (nSPS) is 10.2. The monoisotopic (exact) mass is 241 g/mol. The second-order valence-corrected chi connectivity index (χ2v) is 4.68. The van der Waals surface area contributed by atoms with Crippen LogP contribution >= 0.6 is 12.2 Å². The fraction of sp³-hybridized carbons (Fsp3) is 0.133. The Morgan fingerprint density at radius 1 is 0.882 bits per heavy atom. The highest BCUT2D eigenvalue weighted by atomic mass is 32.1. The van der Waals surface area contributed by atoms with E-state index in [1.165, 1.54) is 22.3 Å². The first kappa shape index (κ1) is 11.8. The summed E-state index contributed by atoms with van der Waals surface area (Å²) in [5.74, 6) is 0. The van der Waals surface area contributed by atoms with Crippen LogP contribution < -0.4 is 5.73 Å². The molecule has 2 rings (SSSR count). The molecule has 0 saturated carbocycles. The molecule has 86 valence electrons. The van der Waals surface area contributed by atoms with Crippen LogP contribution in [0.4, 0.5) is 0 Å². The molecule has 1 nitrogen and oxygen atoms in total. The predicted octanol–water partition coefficient (Wildman–Crippen LogP) is 3.60. The molecule has 0 atom stereocenters. The van der Waals surface area contributed by atoms with Crippen LogP contribution in [0.15, 0.2) is 42.5 Å². The van der Waals surface area contributed by atoms with Crippen molar-refractivity contribution >= 4 is 17.2 Å². The van der Waals surface area contributed by atoms with Gasteiger partial charge in [-0.1, -0.05) is 54.7 Å². The van der Waals surface area contributed by atoms with Crippen molar-refractivity contribution in [1.29, 1.82) is 0 Å². The average molecular weight is 241 g/mol. The van der Waals surface area contributed by atoms with Crippen LogP contribution in [0, 0.1) is 13.8 Å². The molecule has 2 aromatic carbocycles. The summed E-state index contributed by atoms with van der Waals surface area (Å²) in [5, 5.41) is 0. The molecule has 17 heavy (non-hydrogen) atoms. The minimum atomic E-state index is 0.441. The second kappa shape index (κ2) is 4.68. The largest absolute Gasteiger partial charge is 0.389 e. The van der Waals surface area contributed by atoms with Crippen LogP contribution in [0.3, 0.4) is 0 Å². The number of rotatable bonds is 2. The number of nitrogens with two attached hydrogens (primary N) is 1. The standard InChI is InChI=1S/C15H15NS/c1-10-3-4-14(9-11(10)2)12-5-7-13(8-6-12)15(16)17/h3-9H,1-2H3,(H2,16,17). The van der Waals surface area contributed by atoms with Gasteiger partial charge in [0.25, 0.3) is 0 Å². The van der Waals surface area contributed by atoms with E-state index in [1.807, 2.05) is 12.1 Å². The maximum Gasteiger partial charge on any atom is 0.103 e. The van der Waals surface area contributed by atoms with Gasteiger partial charge in [0.15, 0.2) is 0 Å². The molecule has 0 bridgehead atoms. The van der Waals surface area contributed by atoms with Crippen LogP contribution in [0.1, 0.15) is 16.7 Å². The first-order chi connectivity index (χ1) is 8.08. The van der Waals surface area contributed by atoms with Gasteiger partial charge < -0.3 is 5.73 Å². The maximum absolute atomic E-state index is 5.58. The van der Waals surface area contributed by atoms with Gasteiger partial charge in [-0.25, -0.2) is 0 Å². The smallest absolute Gasteiger partial charge is 0.103 e. The third kappa shape index (κ3) is 2.53. The number of aryl methyl sites for hydroxylation is 2. The Morgan fingerprint density at radius 2 is 1.47 bits per heavy atom. The Balaban J connectivity index is 2.39. The lowest BCUT2D eigenvalue weighted by atomic mass is 10.00. The quantitative estimate of drug-likeness (QED) is 0.813. The Labute approximate surface area is 107 Å². The van der Waals surface area contributed by atoms with Gasteiger partial charge in [0.2, 0.25) is 0 Å². The molecule has 2 aromatic rings. The molecule has 0 aliphatic carbocycles. The summed E-state index contributed by atoms with van der Waals surface area (Å²) in [5.41, 5.74) is 11.5. The van der Waals surface area contributed by atoms with Crippen molar-refractivity contribution in [2.75, 3.05) is 0 Å². The zero-order valence-corrected chi connectivity index (χ0v) is 10.8. The van der Waals surface area contributed by atoms with E-state index in [0.29, 0.717) is 4.99 Å². The molecule has 2 heteroatoms. The Kier molecular flexibility index (Phi) is 3.25. The summed E-state index contributed by atoms with van der Waals surface area (Å²) in [4.78, 5) is 0.441. The number of benzene rings is 2. The van der Waals surface area contributed by atoms with Crippen molar-refractivity contribution < 1.29 is 0 Å². The van der Waals surface area contributed by atoms with Crippen LogP contribution in [-0.2, 0) is 0 Å². The van der Waals surface area contributed by atoms with Crippen LogP contribution in [0.2, 0.25) is 0 Å². The number of hydrogen-bond acceptors (Lipinski definition) is 1. The van der Waals surface area contributed by atoms with Crippen molar-refractivity contribution in [2.24, 2.45) is 5.73 Å². The van der Waals surface area contributed by atoms with Crippen molar-refractivity contribution in [2.45, 2.75) is 13.8 Å². The van der Waals surface area contributed by atoms with Crippen molar-refractivity contribution in [3.05, 3.63) is 59.2 Å². The molecule has 0 radical (unpaired) electrons. The Bertz CT molecular complexity index is 556. The SMILES string of the molecule is Cc1ccc(-c2ccc(C(N)=S)cc2)cc1C. The van der Waals surface area contributed by atoms with Gasteiger partial charge in [-0.2, -0.15) is 0 Å². The summed E-state index contributed by atoms with van der Waals surface area (Å²) in [6, 6.07) is 14.5. The molecule has 2 N–H and O–H groups in total. The first-order valence-corrected chi connectivity index (χ1v) is 5.96. The van der Waals surface area contributed by atoms with Gasteiger partial charge in [-0.3, -0.25) is 0 Å². The minimum absolute atomic E-state index is 0.441. The van der Waals surface area contributed by atoms with Gasteiger partial charge in [0.1, 0.15) is 4.99 Å². The molecule has 0 aromatic heterocycles. The Morgan fingerprint density at radius 3 is 2.00 bits per heavy atom. The highest BCUT2D eigenvalue weighted by molar-refractivity contribution is 7.80. The van der Waals surface area contributed by atoms with E-state index in [0.717, 1.165) is 5.56 Å².